The van der Waals surface area contributed by atoms with E-state index in [1.807, 2.05) is 32.2 Å². The average Bonchev–Trinajstić information content (AvgIpc) is 2.78. The Morgan fingerprint density at radius 3 is 2.94 bits per heavy atom. The number of aryl methyl sites for hydroxylation is 1. The quantitative estimate of drug-likeness (QED) is 0.904. The van der Waals surface area contributed by atoms with Crippen molar-refractivity contribution in [3.8, 4) is 5.75 Å². The molecule has 0 aliphatic heterocycles. The Morgan fingerprint density at radius 1 is 1.47 bits per heavy atom. The van der Waals surface area contributed by atoms with Crippen LogP contribution in [0.3, 0.4) is 0 Å². The standard InChI is InChI=1S/C13H16N2OS/c1-9-3-4-12(10(2)14)13(5-9)16-7-11-6-15-8-17-11/h3-6,8,10H,7,14H2,1-2H3/t10-/m0/s1. The van der Waals surface area contributed by atoms with Gasteiger partial charge < -0.3 is 10.5 Å². The second-order valence-corrected chi connectivity index (χ2v) is 5.06. The summed E-state index contributed by atoms with van der Waals surface area (Å²) >= 11 is 1.59. The SMILES string of the molecule is Cc1ccc([C@H](C)N)c(OCc2cncs2)c1. The molecule has 1 aromatic carbocycles. The summed E-state index contributed by atoms with van der Waals surface area (Å²) in [5.74, 6) is 0.869. The van der Waals surface area contributed by atoms with Crippen molar-refractivity contribution in [2.75, 3.05) is 0 Å². The number of benzene rings is 1. The van der Waals surface area contributed by atoms with Crippen molar-refractivity contribution in [3.05, 3.63) is 45.9 Å². The molecule has 0 aliphatic carbocycles. The maximum Gasteiger partial charge on any atom is 0.124 e. The summed E-state index contributed by atoms with van der Waals surface area (Å²) in [6.07, 6.45) is 1.83. The van der Waals surface area contributed by atoms with Gasteiger partial charge in [0.15, 0.2) is 0 Å². The Balaban J connectivity index is 2.16. The highest BCUT2D eigenvalue weighted by Crippen LogP contribution is 2.26. The summed E-state index contributed by atoms with van der Waals surface area (Å²) in [4.78, 5) is 5.14. The molecule has 0 spiro atoms. The zero-order valence-corrected chi connectivity index (χ0v) is 10.8. The van der Waals surface area contributed by atoms with Gasteiger partial charge in [-0.05, 0) is 25.5 Å². The van der Waals surface area contributed by atoms with Gasteiger partial charge in [-0.2, -0.15) is 0 Å². The van der Waals surface area contributed by atoms with Crippen LogP contribution in [-0.2, 0) is 6.61 Å². The van der Waals surface area contributed by atoms with Crippen molar-refractivity contribution in [3.63, 3.8) is 0 Å². The molecule has 0 amide bonds. The van der Waals surface area contributed by atoms with Crippen molar-refractivity contribution >= 4 is 11.3 Å². The Labute approximate surface area is 105 Å². The molecule has 0 radical (unpaired) electrons. The van der Waals surface area contributed by atoms with Gasteiger partial charge in [0, 0.05) is 17.8 Å². The van der Waals surface area contributed by atoms with Crippen LogP contribution in [0.4, 0.5) is 0 Å². The first-order valence-electron chi connectivity index (χ1n) is 5.53. The fourth-order valence-corrected chi connectivity index (χ4v) is 2.11. The minimum atomic E-state index is -0.0212. The zero-order chi connectivity index (χ0) is 12.3. The Kier molecular flexibility index (Phi) is 3.76. The number of aromatic nitrogens is 1. The molecule has 1 heterocycles. The van der Waals surface area contributed by atoms with Crippen LogP contribution in [0.15, 0.2) is 29.9 Å². The summed E-state index contributed by atoms with van der Waals surface area (Å²) in [5.41, 5.74) is 9.95. The third-order valence-corrected chi connectivity index (χ3v) is 3.27. The summed E-state index contributed by atoms with van der Waals surface area (Å²) < 4.78 is 5.81. The van der Waals surface area contributed by atoms with E-state index in [0.29, 0.717) is 6.61 Å². The number of hydrogen-bond donors (Lipinski definition) is 1. The molecule has 0 unspecified atom stereocenters. The molecule has 4 heteroatoms. The first-order chi connectivity index (χ1) is 8.16. The summed E-state index contributed by atoms with van der Waals surface area (Å²) in [6, 6.07) is 6.09. The maximum absolute atomic E-state index is 5.92. The van der Waals surface area contributed by atoms with Crippen LogP contribution in [0.5, 0.6) is 5.75 Å². The van der Waals surface area contributed by atoms with Gasteiger partial charge in [0.1, 0.15) is 12.4 Å². The zero-order valence-electron chi connectivity index (χ0n) is 10.0. The molecule has 0 saturated heterocycles. The average molecular weight is 248 g/mol. The molecule has 90 valence electrons. The van der Waals surface area contributed by atoms with E-state index in [1.165, 1.54) is 5.56 Å². The Hall–Kier alpha value is -1.39. The highest BCUT2D eigenvalue weighted by atomic mass is 32.1. The molecule has 2 rings (SSSR count). The third-order valence-electron chi connectivity index (χ3n) is 2.51. The van der Waals surface area contributed by atoms with Crippen LogP contribution in [-0.4, -0.2) is 4.98 Å². The predicted octanol–water partition coefficient (Wildman–Crippen LogP) is 3.05. The molecule has 1 atom stereocenters. The van der Waals surface area contributed by atoms with Crippen molar-refractivity contribution in [2.24, 2.45) is 5.73 Å². The van der Waals surface area contributed by atoms with E-state index < -0.39 is 0 Å². The summed E-state index contributed by atoms with van der Waals surface area (Å²) in [7, 11) is 0. The topological polar surface area (TPSA) is 48.1 Å². The predicted molar refractivity (Wildman–Crippen MR) is 70.2 cm³/mol. The lowest BCUT2D eigenvalue weighted by molar-refractivity contribution is 0.304. The molecule has 0 bridgehead atoms. The van der Waals surface area contributed by atoms with Crippen LogP contribution in [0.1, 0.15) is 29.0 Å². The lowest BCUT2D eigenvalue weighted by Gasteiger charge is -2.14. The number of nitrogens with zero attached hydrogens (tertiary/aromatic N) is 1. The highest BCUT2D eigenvalue weighted by molar-refractivity contribution is 7.09. The van der Waals surface area contributed by atoms with Crippen molar-refractivity contribution < 1.29 is 4.74 Å². The van der Waals surface area contributed by atoms with E-state index in [-0.39, 0.29) is 6.04 Å². The molecule has 3 nitrogen and oxygen atoms in total. The second kappa shape index (κ2) is 5.29. The Morgan fingerprint density at radius 2 is 2.29 bits per heavy atom. The van der Waals surface area contributed by atoms with Crippen molar-refractivity contribution in [2.45, 2.75) is 26.5 Å². The molecule has 17 heavy (non-hydrogen) atoms. The molecular formula is C13H16N2OS. The van der Waals surface area contributed by atoms with Gasteiger partial charge in [-0.25, -0.2) is 0 Å². The van der Waals surface area contributed by atoms with Crippen LogP contribution in [0, 0.1) is 6.92 Å². The fourth-order valence-electron chi connectivity index (χ4n) is 1.61. The van der Waals surface area contributed by atoms with E-state index in [2.05, 4.69) is 11.1 Å². The third kappa shape index (κ3) is 3.05. The number of thiazole rings is 1. The fraction of sp³-hybridized carbons (Fsp3) is 0.308. The molecule has 2 aromatic rings. The van der Waals surface area contributed by atoms with Gasteiger partial charge >= 0.3 is 0 Å². The first kappa shape index (κ1) is 12.1. The van der Waals surface area contributed by atoms with Gasteiger partial charge in [0.05, 0.1) is 10.4 Å². The minimum absolute atomic E-state index is 0.0212. The molecule has 0 fully saturated rings. The van der Waals surface area contributed by atoms with E-state index in [0.717, 1.165) is 16.2 Å². The van der Waals surface area contributed by atoms with Crippen molar-refractivity contribution in [1.82, 2.24) is 4.98 Å². The van der Waals surface area contributed by atoms with Gasteiger partial charge in [0.25, 0.3) is 0 Å². The van der Waals surface area contributed by atoms with E-state index in [1.54, 1.807) is 16.8 Å². The Bertz CT molecular complexity index is 480. The number of ether oxygens (including phenoxy) is 1. The van der Waals surface area contributed by atoms with Crippen molar-refractivity contribution in [1.29, 1.82) is 0 Å². The van der Waals surface area contributed by atoms with Crippen LogP contribution < -0.4 is 10.5 Å². The molecule has 1 aromatic heterocycles. The smallest absolute Gasteiger partial charge is 0.124 e. The maximum atomic E-state index is 5.92. The largest absolute Gasteiger partial charge is 0.488 e. The molecular weight excluding hydrogens is 232 g/mol. The van der Waals surface area contributed by atoms with Gasteiger partial charge in [-0.1, -0.05) is 12.1 Å². The van der Waals surface area contributed by atoms with Gasteiger partial charge in [-0.3, -0.25) is 4.98 Å². The normalized spacial score (nSPS) is 12.4. The van der Waals surface area contributed by atoms with Crippen LogP contribution in [0.2, 0.25) is 0 Å². The van der Waals surface area contributed by atoms with E-state index >= 15 is 0 Å². The highest BCUT2D eigenvalue weighted by Gasteiger charge is 2.08. The van der Waals surface area contributed by atoms with E-state index in [4.69, 9.17) is 10.5 Å². The minimum Gasteiger partial charge on any atom is -0.488 e. The summed E-state index contributed by atoms with van der Waals surface area (Å²) in [6.45, 7) is 4.56. The van der Waals surface area contributed by atoms with Crippen LogP contribution >= 0.6 is 11.3 Å². The molecule has 2 N–H and O–H groups in total. The van der Waals surface area contributed by atoms with Gasteiger partial charge in [-0.15, -0.1) is 11.3 Å². The molecule has 0 saturated carbocycles. The monoisotopic (exact) mass is 248 g/mol. The number of rotatable bonds is 4. The number of nitrogens with two attached hydrogens (primary N) is 1. The lowest BCUT2D eigenvalue weighted by atomic mass is 10.1. The molecule has 0 aliphatic rings. The first-order valence-corrected chi connectivity index (χ1v) is 6.41. The second-order valence-electron chi connectivity index (χ2n) is 4.09. The van der Waals surface area contributed by atoms with Crippen LogP contribution in [0.25, 0.3) is 0 Å². The van der Waals surface area contributed by atoms with Gasteiger partial charge in [0.2, 0.25) is 0 Å². The van der Waals surface area contributed by atoms with E-state index in [9.17, 15) is 0 Å². The lowest BCUT2D eigenvalue weighted by Crippen LogP contribution is -2.08. The number of hydrogen-bond acceptors (Lipinski definition) is 4. The summed E-state index contributed by atoms with van der Waals surface area (Å²) in [5, 5.41) is 0.